The molecule has 4 saturated carbocycles. The molecule has 3 heteroatoms. The monoisotopic (exact) mass is 290 g/mol. The standard InChI is InChI=1S/C18H30N2O/c1-11-2-3-12(9-19-11)10-20-18(21)17-15-5-13-4-14(7-15)8-16(17)6-13/h11-17,19H,2-10H2,1H3,(H,20,21). The first-order valence-corrected chi connectivity index (χ1v) is 9.20. The number of nitrogens with one attached hydrogen (secondary N) is 2. The van der Waals surface area contributed by atoms with Crippen LogP contribution >= 0.6 is 0 Å². The average molecular weight is 290 g/mol. The van der Waals surface area contributed by atoms with Crippen molar-refractivity contribution in [2.45, 2.75) is 57.9 Å². The van der Waals surface area contributed by atoms with Gasteiger partial charge < -0.3 is 10.6 Å². The third-order valence-corrected chi connectivity index (χ3v) is 6.86. The molecular weight excluding hydrogens is 260 g/mol. The van der Waals surface area contributed by atoms with Crippen molar-refractivity contribution in [1.29, 1.82) is 0 Å². The zero-order valence-corrected chi connectivity index (χ0v) is 13.3. The van der Waals surface area contributed by atoms with Gasteiger partial charge in [0.25, 0.3) is 0 Å². The molecule has 4 bridgehead atoms. The number of piperidine rings is 1. The number of rotatable bonds is 3. The highest BCUT2D eigenvalue weighted by Gasteiger charge is 2.50. The maximum absolute atomic E-state index is 12.7. The summed E-state index contributed by atoms with van der Waals surface area (Å²) in [5.74, 6) is 4.73. The minimum Gasteiger partial charge on any atom is -0.356 e. The van der Waals surface area contributed by atoms with Crippen LogP contribution in [0.2, 0.25) is 0 Å². The summed E-state index contributed by atoms with van der Waals surface area (Å²) in [7, 11) is 0. The Labute approximate surface area is 128 Å². The highest BCUT2D eigenvalue weighted by atomic mass is 16.1. The first-order valence-electron chi connectivity index (χ1n) is 9.20. The minimum atomic E-state index is 0.355. The summed E-state index contributed by atoms with van der Waals surface area (Å²) in [5, 5.41) is 6.85. The van der Waals surface area contributed by atoms with E-state index in [0.717, 1.165) is 24.9 Å². The van der Waals surface area contributed by atoms with E-state index in [4.69, 9.17) is 0 Å². The molecule has 21 heavy (non-hydrogen) atoms. The predicted molar refractivity (Wildman–Crippen MR) is 83.7 cm³/mol. The van der Waals surface area contributed by atoms with Crippen molar-refractivity contribution in [2.24, 2.45) is 35.5 Å². The van der Waals surface area contributed by atoms with Crippen LogP contribution < -0.4 is 10.6 Å². The Hall–Kier alpha value is -0.570. The van der Waals surface area contributed by atoms with Gasteiger partial charge in [-0.3, -0.25) is 4.79 Å². The Morgan fingerprint density at radius 2 is 1.71 bits per heavy atom. The number of carbonyl (C=O) groups excluding carboxylic acids is 1. The van der Waals surface area contributed by atoms with Crippen LogP contribution in [0.3, 0.4) is 0 Å². The second-order valence-electron chi connectivity index (χ2n) is 8.45. The largest absolute Gasteiger partial charge is 0.356 e. The second-order valence-corrected chi connectivity index (χ2v) is 8.45. The number of amides is 1. The molecule has 118 valence electrons. The lowest BCUT2D eigenvalue weighted by Gasteiger charge is -2.53. The van der Waals surface area contributed by atoms with Crippen molar-refractivity contribution >= 4 is 5.91 Å². The molecule has 0 aromatic rings. The maximum Gasteiger partial charge on any atom is 0.223 e. The molecule has 0 aromatic carbocycles. The topological polar surface area (TPSA) is 41.1 Å². The number of carbonyl (C=O) groups is 1. The van der Waals surface area contributed by atoms with Crippen molar-refractivity contribution in [1.82, 2.24) is 10.6 Å². The van der Waals surface area contributed by atoms with Gasteiger partial charge in [0.15, 0.2) is 0 Å². The van der Waals surface area contributed by atoms with Crippen LogP contribution in [0.4, 0.5) is 0 Å². The van der Waals surface area contributed by atoms with Crippen LogP contribution in [0.5, 0.6) is 0 Å². The van der Waals surface area contributed by atoms with Crippen molar-refractivity contribution < 1.29 is 4.79 Å². The molecule has 2 atom stereocenters. The molecule has 2 unspecified atom stereocenters. The van der Waals surface area contributed by atoms with Gasteiger partial charge in [0, 0.05) is 18.5 Å². The summed E-state index contributed by atoms with van der Waals surface area (Å²) in [5.41, 5.74) is 0. The van der Waals surface area contributed by atoms with Gasteiger partial charge in [0.05, 0.1) is 0 Å². The van der Waals surface area contributed by atoms with Gasteiger partial charge in [-0.15, -0.1) is 0 Å². The van der Waals surface area contributed by atoms with Crippen LogP contribution in [0.1, 0.15) is 51.9 Å². The number of hydrogen-bond acceptors (Lipinski definition) is 2. The Kier molecular flexibility index (Phi) is 3.72. The molecule has 1 amide bonds. The van der Waals surface area contributed by atoms with E-state index in [0.29, 0.717) is 35.6 Å². The van der Waals surface area contributed by atoms with Crippen LogP contribution in [0, 0.1) is 35.5 Å². The molecule has 1 saturated heterocycles. The molecule has 0 radical (unpaired) electrons. The fraction of sp³-hybridized carbons (Fsp3) is 0.944. The highest BCUT2D eigenvalue weighted by Crippen LogP contribution is 2.56. The Morgan fingerprint density at radius 3 is 2.29 bits per heavy atom. The van der Waals surface area contributed by atoms with Crippen LogP contribution in [-0.4, -0.2) is 25.0 Å². The first kappa shape index (κ1) is 14.0. The fourth-order valence-electron chi connectivity index (χ4n) is 5.95. The molecule has 0 spiro atoms. The fourth-order valence-corrected chi connectivity index (χ4v) is 5.95. The van der Waals surface area contributed by atoms with E-state index in [1.165, 1.54) is 44.9 Å². The van der Waals surface area contributed by atoms with E-state index in [1.54, 1.807) is 0 Å². The Balaban J connectivity index is 1.31. The molecular formula is C18H30N2O. The quantitative estimate of drug-likeness (QED) is 0.839. The van der Waals surface area contributed by atoms with Crippen molar-refractivity contribution in [3.05, 3.63) is 0 Å². The van der Waals surface area contributed by atoms with E-state index < -0.39 is 0 Å². The van der Waals surface area contributed by atoms with E-state index in [2.05, 4.69) is 17.6 Å². The van der Waals surface area contributed by atoms with Gasteiger partial charge >= 0.3 is 0 Å². The Bertz CT molecular complexity index is 372. The van der Waals surface area contributed by atoms with Crippen molar-refractivity contribution in [3.8, 4) is 0 Å². The van der Waals surface area contributed by atoms with Crippen LogP contribution in [0.25, 0.3) is 0 Å². The van der Waals surface area contributed by atoms with E-state index in [1.807, 2.05) is 0 Å². The number of hydrogen-bond donors (Lipinski definition) is 2. The second kappa shape index (κ2) is 5.57. The van der Waals surface area contributed by atoms with Crippen LogP contribution in [0.15, 0.2) is 0 Å². The minimum absolute atomic E-state index is 0.355. The normalized spacial score (nSPS) is 48.3. The van der Waals surface area contributed by atoms with Gasteiger partial charge in [-0.1, -0.05) is 0 Å². The third-order valence-electron chi connectivity index (χ3n) is 6.86. The molecule has 4 aliphatic carbocycles. The molecule has 3 nitrogen and oxygen atoms in total. The van der Waals surface area contributed by atoms with Crippen LogP contribution in [-0.2, 0) is 4.79 Å². The summed E-state index contributed by atoms with van der Waals surface area (Å²) in [6, 6.07) is 0.654. The molecule has 0 aromatic heterocycles. The average Bonchev–Trinajstić information content (AvgIpc) is 2.45. The summed E-state index contributed by atoms with van der Waals surface area (Å²) >= 11 is 0. The molecule has 5 fully saturated rings. The highest BCUT2D eigenvalue weighted by molar-refractivity contribution is 5.79. The predicted octanol–water partition coefficient (Wildman–Crippen LogP) is 2.56. The van der Waals surface area contributed by atoms with Gasteiger partial charge in [-0.05, 0) is 88.0 Å². The Morgan fingerprint density at radius 1 is 1.05 bits per heavy atom. The van der Waals surface area contributed by atoms with Gasteiger partial charge in [-0.25, -0.2) is 0 Å². The van der Waals surface area contributed by atoms with Gasteiger partial charge in [0.1, 0.15) is 0 Å². The molecule has 5 aliphatic rings. The summed E-state index contributed by atoms with van der Waals surface area (Å²) in [6.45, 7) is 4.22. The van der Waals surface area contributed by atoms with E-state index >= 15 is 0 Å². The smallest absolute Gasteiger partial charge is 0.223 e. The molecule has 1 aliphatic heterocycles. The molecule has 2 N–H and O–H groups in total. The summed E-state index contributed by atoms with van der Waals surface area (Å²) in [6.07, 6.45) is 9.34. The van der Waals surface area contributed by atoms with Gasteiger partial charge in [-0.2, -0.15) is 0 Å². The third kappa shape index (κ3) is 2.74. The molecule has 1 heterocycles. The van der Waals surface area contributed by atoms with Crippen molar-refractivity contribution in [2.75, 3.05) is 13.1 Å². The zero-order chi connectivity index (χ0) is 14.4. The lowest BCUT2D eigenvalue weighted by atomic mass is 9.51. The van der Waals surface area contributed by atoms with E-state index in [9.17, 15) is 4.79 Å². The molecule has 5 rings (SSSR count). The van der Waals surface area contributed by atoms with Gasteiger partial charge in [0.2, 0.25) is 5.91 Å². The summed E-state index contributed by atoms with van der Waals surface area (Å²) < 4.78 is 0. The lowest BCUT2D eigenvalue weighted by Crippen LogP contribution is -2.52. The van der Waals surface area contributed by atoms with E-state index in [-0.39, 0.29) is 0 Å². The lowest BCUT2D eigenvalue weighted by molar-refractivity contribution is -0.138. The zero-order valence-electron chi connectivity index (χ0n) is 13.3. The summed E-state index contributed by atoms with van der Waals surface area (Å²) in [4.78, 5) is 12.7. The SMILES string of the molecule is CC1CCC(CNC(=O)C2C3CC4CC(C3)CC2C4)CN1. The first-order chi connectivity index (χ1) is 10.2. The maximum atomic E-state index is 12.7. The van der Waals surface area contributed by atoms with Crippen molar-refractivity contribution in [3.63, 3.8) is 0 Å².